The van der Waals surface area contributed by atoms with Crippen molar-refractivity contribution >= 4 is 35.0 Å². The highest BCUT2D eigenvalue weighted by Crippen LogP contribution is 2.26. The van der Waals surface area contributed by atoms with E-state index in [2.05, 4.69) is 27.6 Å². The average Bonchev–Trinajstić information content (AvgIpc) is 3.33. The molecule has 1 N–H and O–H groups in total. The summed E-state index contributed by atoms with van der Waals surface area (Å²) < 4.78 is 1.88. The maximum absolute atomic E-state index is 12.3. The number of nitrogens with zero attached hydrogens (tertiary/aromatic N) is 3. The Hall–Kier alpha value is -2.31. The molecule has 1 aliphatic carbocycles. The first kappa shape index (κ1) is 19.0. The molecule has 0 saturated carbocycles. The quantitative estimate of drug-likeness (QED) is 0.588. The number of fused-ring (bicyclic) bond motifs is 1. The van der Waals surface area contributed by atoms with Crippen LogP contribution < -0.4 is 5.32 Å². The number of rotatable bonds is 6. The van der Waals surface area contributed by atoms with Crippen LogP contribution in [-0.4, -0.2) is 26.4 Å². The summed E-state index contributed by atoms with van der Waals surface area (Å²) in [5, 5.41) is 12.6. The summed E-state index contributed by atoms with van der Waals surface area (Å²) in [6, 6.07) is 12.1. The van der Waals surface area contributed by atoms with Crippen LogP contribution in [0.5, 0.6) is 0 Å². The zero-order valence-electron chi connectivity index (χ0n) is 15.6. The Morgan fingerprint density at radius 1 is 1.21 bits per heavy atom. The molecule has 1 aliphatic rings. The van der Waals surface area contributed by atoms with Crippen LogP contribution in [0.4, 0.5) is 5.69 Å². The number of aromatic nitrogens is 3. The van der Waals surface area contributed by atoms with Gasteiger partial charge in [0.05, 0.1) is 5.69 Å². The molecule has 0 unspecified atom stereocenters. The van der Waals surface area contributed by atoms with Crippen LogP contribution in [0, 0.1) is 6.92 Å². The lowest BCUT2D eigenvalue weighted by atomic mass is 10.1. The molecule has 0 fully saturated rings. The molecule has 28 heavy (non-hydrogen) atoms. The Bertz CT molecular complexity index is 1020. The van der Waals surface area contributed by atoms with Crippen LogP contribution in [0.3, 0.4) is 0 Å². The first-order valence-electron chi connectivity index (χ1n) is 9.31. The smallest absolute Gasteiger partial charge is 0.225 e. The Balaban J connectivity index is 1.33. The van der Waals surface area contributed by atoms with Gasteiger partial charge in [-0.05, 0) is 67.1 Å². The van der Waals surface area contributed by atoms with E-state index in [1.54, 1.807) is 6.33 Å². The zero-order valence-corrected chi connectivity index (χ0v) is 17.2. The van der Waals surface area contributed by atoms with Gasteiger partial charge in [0.25, 0.3) is 0 Å². The number of aryl methyl sites for hydroxylation is 3. The third kappa shape index (κ3) is 4.23. The van der Waals surface area contributed by atoms with E-state index >= 15 is 0 Å². The molecule has 0 spiro atoms. The van der Waals surface area contributed by atoms with Crippen LogP contribution in [0.2, 0.25) is 5.02 Å². The fraction of sp³-hybridized carbons (Fsp3) is 0.286. The number of halogens is 1. The molecule has 1 heterocycles. The molecule has 5 nitrogen and oxygen atoms in total. The summed E-state index contributed by atoms with van der Waals surface area (Å²) in [6.45, 7) is 1.97. The lowest BCUT2D eigenvalue weighted by Crippen LogP contribution is -2.12. The normalized spacial score (nSPS) is 12.8. The van der Waals surface area contributed by atoms with Crippen molar-refractivity contribution in [3.63, 3.8) is 0 Å². The van der Waals surface area contributed by atoms with Crippen molar-refractivity contribution in [2.24, 2.45) is 0 Å². The molecule has 1 aromatic heterocycles. The summed E-state index contributed by atoms with van der Waals surface area (Å²) in [5.41, 5.74) is 5.58. The van der Waals surface area contributed by atoms with E-state index in [9.17, 15) is 4.79 Å². The second-order valence-electron chi connectivity index (χ2n) is 6.90. The highest BCUT2D eigenvalue weighted by molar-refractivity contribution is 7.99. The van der Waals surface area contributed by atoms with Gasteiger partial charge >= 0.3 is 0 Å². The third-order valence-electron chi connectivity index (χ3n) is 4.89. The van der Waals surface area contributed by atoms with Gasteiger partial charge in [-0.2, -0.15) is 0 Å². The van der Waals surface area contributed by atoms with E-state index in [4.69, 9.17) is 11.6 Å². The zero-order chi connectivity index (χ0) is 19.5. The van der Waals surface area contributed by atoms with E-state index < -0.39 is 0 Å². The monoisotopic (exact) mass is 412 g/mol. The minimum Gasteiger partial charge on any atom is -0.326 e. The van der Waals surface area contributed by atoms with Crippen LogP contribution in [0.15, 0.2) is 47.9 Å². The fourth-order valence-corrected chi connectivity index (χ4v) is 4.38. The molecule has 7 heteroatoms. The SMILES string of the molecule is Cc1ccc(-n2cnnc2SCCC(=O)Nc2ccc3c(c2)CCC3)cc1Cl. The lowest BCUT2D eigenvalue weighted by Gasteiger charge is -2.09. The molecule has 1 amide bonds. The molecular formula is C21H21ClN4OS. The Labute approximate surface area is 173 Å². The predicted molar refractivity (Wildman–Crippen MR) is 114 cm³/mol. The molecule has 0 bridgehead atoms. The highest BCUT2D eigenvalue weighted by atomic mass is 35.5. The van der Waals surface area contributed by atoms with Gasteiger partial charge in [0.15, 0.2) is 5.16 Å². The molecule has 0 atom stereocenters. The number of carbonyl (C=O) groups excluding carboxylic acids is 1. The van der Waals surface area contributed by atoms with Gasteiger partial charge in [-0.3, -0.25) is 9.36 Å². The molecule has 144 valence electrons. The standard InChI is InChI=1S/C21H21ClN4OS/c1-14-5-8-18(12-19(14)22)26-13-23-25-21(26)28-10-9-20(27)24-17-7-6-15-3-2-4-16(15)11-17/h5-8,11-13H,2-4,9-10H2,1H3,(H,24,27). The van der Waals surface area contributed by atoms with Gasteiger partial charge in [0.2, 0.25) is 5.91 Å². The maximum Gasteiger partial charge on any atom is 0.225 e. The van der Waals surface area contributed by atoms with Gasteiger partial charge in [-0.15, -0.1) is 10.2 Å². The summed E-state index contributed by atoms with van der Waals surface area (Å²) in [5.74, 6) is 0.629. The van der Waals surface area contributed by atoms with Crippen molar-refractivity contribution in [3.05, 3.63) is 64.4 Å². The van der Waals surface area contributed by atoms with Crippen molar-refractivity contribution in [2.45, 2.75) is 37.8 Å². The first-order valence-corrected chi connectivity index (χ1v) is 10.7. The number of thioether (sulfide) groups is 1. The van der Waals surface area contributed by atoms with Gasteiger partial charge in [0, 0.05) is 22.9 Å². The van der Waals surface area contributed by atoms with Gasteiger partial charge in [0.1, 0.15) is 6.33 Å². The molecular weight excluding hydrogens is 392 g/mol. The third-order valence-corrected chi connectivity index (χ3v) is 6.24. The second kappa shape index (κ2) is 8.37. The Kier molecular flexibility index (Phi) is 5.69. The number of nitrogens with one attached hydrogen (secondary N) is 1. The highest BCUT2D eigenvalue weighted by Gasteiger charge is 2.13. The summed E-state index contributed by atoms with van der Waals surface area (Å²) in [7, 11) is 0. The van der Waals surface area contributed by atoms with Crippen molar-refractivity contribution in [1.82, 2.24) is 14.8 Å². The van der Waals surface area contributed by atoms with Crippen molar-refractivity contribution in [1.29, 1.82) is 0 Å². The van der Waals surface area contributed by atoms with Crippen LogP contribution >= 0.6 is 23.4 Å². The minimum atomic E-state index is 0.00916. The van der Waals surface area contributed by atoms with E-state index in [-0.39, 0.29) is 5.91 Å². The molecule has 4 rings (SSSR count). The van der Waals surface area contributed by atoms with Crippen molar-refractivity contribution in [3.8, 4) is 5.69 Å². The summed E-state index contributed by atoms with van der Waals surface area (Å²) in [4.78, 5) is 12.3. The number of hydrogen-bond acceptors (Lipinski definition) is 4. The lowest BCUT2D eigenvalue weighted by molar-refractivity contribution is -0.115. The molecule has 2 aromatic carbocycles. The van der Waals surface area contributed by atoms with Crippen LogP contribution in [0.1, 0.15) is 29.5 Å². The van der Waals surface area contributed by atoms with Crippen LogP contribution in [-0.2, 0) is 17.6 Å². The largest absolute Gasteiger partial charge is 0.326 e. The number of carbonyl (C=O) groups is 1. The summed E-state index contributed by atoms with van der Waals surface area (Å²) >= 11 is 7.73. The number of hydrogen-bond donors (Lipinski definition) is 1. The van der Waals surface area contributed by atoms with E-state index in [1.807, 2.05) is 35.8 Å². The second-order valence-corrected chi connectivity index (χ2v) is 8.37. The predicted octanol–water partition coefficient (Wildman–Crippen LogP) is 4.84. The van der Waals surface area contributed by atoms with Gasteiger partial charge in [-0.1, -0.05) is 35.5 Å². The average molecular weight is 413 g/mol. The Morgan fingerprint density at radius 3 is 2.93 bits per heavy atom. The Morgan fingerprint density at radius 2 is 2.07 bits per heavy atom. The summed E-state index contributed by atoms with van der Waals surface area (Å²) in [6.07, 6.45) is 5.52. The van der Waals surface area contributed by atoms with Crippen LogP contribution in [0.25, 0.3) is 5.69 Å². The molecule has 0 saturated heterocycles. The number of benzene rings is 2. The minimum absolute atomic E-state index is 0.00916. The van der Waals surface area contributed by atoms with Crippen molar-refractivity contribution < 1.29 is 4.79 Å². The van der Waals surface area contributed by atoms with Gasteiger partial charge in [-0.25, -0.2) is 0 Å². The maximum atomic E-state index is 12.3. The van der Waals surface area contributed by atoms with Gasteiger partial charge < -0.3 is 5.32 Å². The first-order chi connectivity index (χ1) is 13.6. The molecule has 0 radical (unpaired) electrons. The molecule has 3 aromatic rings. The van der Waals surface area contributed by atoms with Crippen molar-refractivity contribution in [2.75, 3.05) is 11.1 Å². The fourth-order valence-electron chi connectivity index (χ4n) is 3.34. The van der Waals surface area contributed by atoms with E-state index in [1.165, 1.54) is 29.3 Å². The van der Waals surface area contributed by atoms with E-state index in [0.717, 1.165) is 34.9 Å². The topological polar surface area (TPSA) is 59.8 Å². The molecule has 0 aliphatic heterocycles. The van der Waals surface area contributed by atoms with E-state index in [0.29, 0.717) is 17.2 Å². The number of amides is 1. The number of anilines is 1.